The molecule has 0 fully saturated rings. The number of ether oxygens (including phenoxy) is 1. The standard InChI is InChI=1S/C19H26N4O/c1-14-10-18-20-21-19(13-24-2)23(18)9-8-22(14)12-15-6-7-16-4-3-5-17(16)11-15/h6-7,11,14H,3-5,8-10,12-13H2,1-2H3/t14-/m1/s1. The molecule has 5 heteroatoms. The Labute approximate surface area is 143 Å². The molecule has 0 radical (unpaired) electrons. The van der Waals surface area contributed by atoms with Crippen LogP contribution in [-0.2, 0) is 43.7 Å². The van der Waals surface area contributed by atoms with Crippen molar-refractivity contribution in [3.8, 4) is 0 Å². The molecule has 0 spiro atoms. The highest BCUT2D eigenvalue weighted by atomic mass is 16.5. The molecule has 0 N–H and O–H groups in total. The zero-order valence-electron chi connectivity index (χ0n) is 14.7. The van der Waals surface area contributed by atoms with E-state index in [-0.39, 0.29) is 0 Å². The van der Waals surface area contributed by atoms with Crippen LogP contribution in [0.3, 0.4) is 0 Å². The molecule has 2 aromatic rings. The highest BCUT2D eigenvalue weighted by molar-refractivity contribution is 5.35. The fraction of sp³-hybridized carbons (Fsp3) is 0.579. The first kappa shape index (κ1) is 15.8. The van der Waals surface area contributed by atoms with Crippen LogP contribution in [0.15, 0.2) is 18.2 Å². The maximum Gasteiger partial charge on any atom is 0.159 e. The molecule has 24 heavy (non-hydrogen) atoms. The molecule has 1 aromatic heterocycles. The normalized spacial score (nSPS) is 20.7. The summed E-state index contributed by atoms with van der Waals surface area (Å²) in [6.45, 7) is 5.82. The third kappa shape index (κ3) is 2.98. The van der Waals surface area contributed by atoms with Gasteiger partial charge in [0.1, 0.15) is 12.4 Å². The zero-order chi connectivity index (χ0) is 16.5. The van der Waals surface area contributed by atoms with E-state index in [4.69, 9.17) is 4.74 Å². The van der Waals surface area contributed by atoms with Crippen molar-refractivity contribution >= 4 is 0 Å². The van der Waals surface area contributed by atoms with Gasteiger partial charge >= 0.3 is 0 Å². The monoisotopic (exact) mass is 326 g/mol. The van der Waals surface area contributed by atoms with E-state index in [0.717, 1.165) is 37.7 Å². The molecule has 0 unspecified atom stereocenters. The summed E-state index contributed by atoms with van der Waals surface area (Å²) in [5.41, 5.74) is 4.56. The van der Waals surface area contributed by atoms with Gasteiger partial charge in [0.25, 0.3) is 0 Å². The Morgan fingerprint density at radius 3 is 2.92 bits per heavy atom. The van der Waals surface area contributed by atoms with Crippen LogP contribution >= 0.6 is 0 Å². The average Bonchev–Trinajstić information content (AvgIpc) is 3.15. The largest absolute Gasteiger partial charge is 0.377 e. The van der Waals surface area contributed by atoms with E-state index >= 15 is 0 Å². The lowest BCUT2D eigenvalue weighted by atomic mass is 10.1. The molecule has 0 bridgehead atoms. The lowest BCUT2D eigenvalue weighted by molar-refractivity contribution is 0.171. The van der Waals surface area contributed by atoms with Gasteiger partial charge in [-0.3, -0.25) is 4.90 Å². The van der Waals surface area contributed by atoms with Crippen molar-refractivity contribution in [1.82, 2.24) is 19.7 Å². The van der Waals surface area contributed by atoms with Gasteiger partial charge in [0, 0.05) is 39.2 Å². The number of aryl methyl sites for hydroxylation is 2. The first-order chi connectivity index (χ1) is 11.7. The summed E-state index contributed by atoms with van der Waals surface area (Å²) < 4.78 is 7.49. The average molecular weight is 326 g/mol. The SMILES string of the molecule is COCc1nnc2n1CCN(Cc1ccc3c(c1)CCC3)[C@H](C)C2. The lowest BCUT2D eigenvalue weighted by Crippen LogP contribution is -2.34. The molecule has 5 nitrogen and oxygen atoms in total. The molecule has 1 aliphatic carbocycles. The Bertz CT molecular complexity index is 724. The summed E-state index contributed by atoms with van der Waals surface area (Å²) in [5, 5.41) is 8.66. The van der Waals surface area contributed by atoms with Gasteiger partial charge in [0.2, 0.25) is 0 Å². The molecule has 0 saturated heterocycles. The Hall–Kier alpha value is -1.72. The van der Waals surface area contributed by atoms with Crippen molar-refractivity contribution in [2.45, 2.75) is 58.3 Å². The minimum absolute atomic E-state index is 0.471. The van der Waals surface area contributed by atoms with E-state index in [1.54, 1.807) is 18.2 Å². The van der Waals surface area contributed by atoms with Crippen molar-refractivity contribution in [2.75, 3.05) is 13.7 Å². The minimum Gasteiger partial charge on any atom is -0.377 e. The van der Waals surface area contributed by atoms with Gasteiger partial charge < -0.3 is 9.30 Å². The smallest absolute Gasteiger partial charge is 0.159 e. The maximum absolute atomic E-state index is 5.25. The number of hydrogen-bond acceptors (Lipinski definition) is 4. The van der Waals surface area contributed by atoms with Crippen LogP contribution < -0.4 is 0 Å². The number of rotatable bonds is 4. The van der Waals surface area contributed by atoms with Crippen molar-refractivity contribution in [2.24, 2.45) is 0 Å². The van der Waals surface area contributed by atoms with Crippen molar-refractivity contribution in [3.05, 3.63) is 46.5 Å². The Kier molecular flexibility index (Phi) is 4.37. The van der Waals surface area contributed by atoms with E-state index in [1.165, 1.54) is 24.8 Å². The Morgan fingerprint density at radius 2 is 2.04 bits per heavy atom. The number of aromatic nitrogens is 3. The lowest BCUT2D eigenvalue weighted by Gasteiger charge is -2.26. The van der Waals surface area contributed by atoms with Crippen molar-refractivity contribution in [1.29, 1.82) is 0 Å². The number of fused-ring (bicyclic) bond motifs is 2. The number of hydrogen-bond donors (Lipinski definition) is 0. The van der Waals surface area contributed by atoms with Crippen LogP contribution in [-0.4, -0.2) is 39.4 Å². The molecule has 1 atom stereocenters. The summed E-state index contributed by atoms with van der Waals surface area (Å²) in [5.74, 6) is 2.03. The van der Waals surface area contributed by atoms with Crippen LogP contribution in [0.1, 0.15) is 41.7 Å². The van der Waals surface area contributed by atoms with E-state index in [2.05, 4.69) is 44.8 Å². The molecular weight excluding hydrogens is 300 g/mol. The van der Waals surface area contributed by atoms with Crippen LogP contribution in [0.2, 0.25) is 0 Å². The van der Waals surface area contributed by atoms with Gasteiger partial charge in [-0.25, -0.2) is 0 Å². The summed E-state index contributed by atoms with van der Waals surface area (Å²) in [6, 6.07) is 7.56. The quantitative estimate of drug-likeness (QED) is 0.865. The van der Waals surface area contributed by atoms with Gasteiger partial charge in [-0.2, -0.15) is 0 Å². The fourth-order valence-corrected chi connectivity index (χ4v) is 4.05. The predicted molar refractivity (Wildman–Crippen MR) is 92.8 cm³/mol. The van der Waals surface area contributed by atoms with Gasteiger partial charge in [0.05, 0.1) is 0 Å². The summed E-state index contributed by atoms with van der Waals surface area (Å²) in [4.78, 5) is 2.57. The van der Waals surface area contributed by atoms with Crippen molar-refractivity contribution in [3.63, 3.8) is 0 Å². The van der Waals surface area contributed by atoms with Crippen LogP contribution in [0.4, 0.5) is 0 Å². The summed E-state index contributed by atoms with van der Waals surface area (Å²) in [6.07, 6.45) is 4.77. The highest BCUT2D eigenvalue weighted by Crippen LogP contribution is 2.24. The van der Waals surface area contributed by atoms with Crippen LogP contribution in [0, 0.1) is 0 Å². The molecule has 1 aliphatic heterocycles. The van der Waals surface area contributed by atoms with Crippen LogP contribution in [0.25, 0.3) is 0 Å². The maximum atomic E-state index is 5.25. The molecule has 0 amide bonds. The molecule has 2 heterocycles. The molecule has 4 rings (SSSR count). The van der Waals surface area contributed by atoms with Gasteiger partial charge in [0.15, 0.2) is 5.82 Å². The van der Waals surface area contributed by atoms with Gasteiger partial charge in [-0.05, 0) is 42.9 Å². The fourth-order valence-electron chi connectivity index (χ4n) is 4.05. The predicted octanol–water partition coefficient (Wildman–Crippen LogP) is 2.36. The van der Waals surface area contributed by atoms with E-state index in [1.807, 2.05) is 0 Å². The second-order valence-corrected chi connectivity index (χ2v) is 7.10. The Morgan fingerprint density at radius 1 is 1.17 bits per heavy atom. The molecular formula is C19H26N4O. The second-order valence-electron chi connectivity index (χ2n) is 7.10. The third-order valence-corrected chi connectivity index (χ3v) is 5.44. The van der Waals surface area contributed by atoms with Gasteiger partial charge in [-0.1, -0.05) is 18.2 Å². The number of methoxy groups -OCH3 is 1. The van der Waals surface area contributed by atoms with Crippen LogP contribution in [0.5, 0.6) is 0 Å². The molecule has 2 aliphatic rings. The number of benzene rings is 1. The zero-order valence-corrected chi connectivity index (χ0v) is 14.7. The van der Waals surface area contributed by atoms with Crippen molar-refractivity contribution < 1.29 is 4.74 Å². The Balaban J connectivity index is 1.49. The first-order valence-electron chi connectivity index (χ1n) is 8.99. The van der Waals surface area contributed by atoms with E-state index < -0.39 is 0 Å². The molecule has 128 valence electrons. The van der Waals surface area contributed by atoms with E-state index in [9.17, 15) is 0 Å². The van der Waals surface area contributed by atoms with E-state index in [0.29, 0.717) is 12.6 Å². The second kappa shape index (κ2) is 6.65. The minimum atomic E-state index is 0.471. The first-order valence-corrected chi connectivity index (χ1v) is 8.99. The highest BCUT2D eigenvalue weighted by Gasteiger charge is 2.24. The molecule has 1 aromatic carbocycles. The topological polar surface area (TPSA) is 43.2 Å². The number of nitrogens with zero attached hydrogens (tertiary/aromatic N) is 4. The third-order valence-electron chi connectivity index (χ3n) is 5.44. The summed E-state index contributed by atoms with van der Waals surface area (Å²) in [7, 11) is 1.71. The summed E-state index contributed by atoms with van der Waals surface area (Å²) >= 11 is 0. The van der Waals surface area contributed by atoms with Gasteiger partial charge in [-0.15, -0.1) is 10.2 Å². The molecule has 0 saturated carbocycles.